The van der Waals surface area contributed by atoms with Crippen molar-refractivity contribution in [2.75, 3.05) is 30.4 Å². The van der Waals surface area contributed by atoms with Gasteiger partial charge in [0.25, 0.3) is 11.8 Å². The van der Waals surface area contributed by atoms with Crippen LogP contribution in [0, 0.1) is 6.92 Å². The van der Waals surface area contributed by atoms with E-state index in [-0.39, 0.29) is 0 Å². The van der Waals surface area contributed by atoms with Crippen LogP contribution in [0.1, 0.15) is 19.5 Å². The van der Waals surface area contributed by atoms with Crippen molar-refractivity contribution in [1.29, 1.82) is 0 Å². The Morgan fingerprint density at radius 1 is 1.33 bits per heavy atom. The van der Waals surface area contributed by atoms with E-state index in [1.54, 1.807) is 0 Å². The van der Waals surface area contributed by atoms with Gasteiger partial charge in [-0.1, -0.05) is 0 Å². The van der Waals surface area contributed by atoms with Gasteiger partial charge in [0.2, 0.25) is 0 Å². The lowest BCUT2D eigenvalue weighted by Crippen LogP contribution is -2.22. The van der Waals surface area contributed by atoms with Gasteiger partial charge in [-0.25, -0.2) is 0 Å². The zero-order valence-electron chi connectivity index (χ0n) is 11.0. The first-order chi connectivity index (χ1) is 8.71. The van der Waals surface area contributed by atoms with Gasteiger partial charge in [0.15, 0.2) is 0 Å². The molecule has 0 atom stereocenters. The third kappa shape index (κ3) is 2.17. The third-order valence-corrected chi connectivity index (χ3v) is 3.72. The Balaban J connectivity index is 2.37. The molecular weight excluding hydrogens is 250 g/mol. The molecule has 18 heavy (non-hydrogen) atoms. The third-order valence-electron chi connectivity index (χ3n) is 2.77. The maximum absolute atomic E-state index is 5.34. The van der Waals surface area contributed by atoms with Crippen molar-refractivity contribution in [2.24, 2.45) is 0 Å². The molecule has 0 radical (unpaired) electrons. The van der Waals surface area contributed by atoms with Gasteiger partial charge < -0.3 is 14.7 Å². The van der Waals surface area contributed by atoms with E-state index in [1.807, 2.05) is 18.9 Å². The van der Waals surface area contributed by atoms with Crippen LogP contribution in [0.25, 0.3) is 11.5 Å². The van der Waals surface area contributed by atoms with E-state index in [0.717, 1.165) is 29.3 Å². The van der Waals surface area contributed by atoms with Crippen molar-refractivity contribution in [3.05, 3.63) is 5.69 Å². The Labute approximate surface area is 110 Å². The van der Waals surface area contributed by atoms with Crippen LogP contribution in [0.2, 0.25) is 0 Å². The van der Waals surface area contributed by atoms with Crippen molar-refractivity contribution < 1.29 is 4.52 Å². The quantitative estimate of drug-likeness (QED) is 0.897. The van der Waals surface area contributed by atoms with Gasteiger partial charge >= 0.3 is 0 Å². The van der Waals surface area contributed by atoms with Crippen molar-refractivity contribution in [2.45, 2.75) is 20.8 Å². The molecule has 0 aliphatic rings. The summed E-state index contributed by atoms with van der Waals surface area (Å²) < 4.78 is 9.64. The summed E-state index contributed by atoms with van der Waals surface area (Å²) in [5, 5.41) is 8.06. The van der Waals surface area contributed by atoms with E-state index >= 15 is 0 Å². The van der Waals surface area contributed by atoms with Crippen LogP contribution in [-0.2, 0) is 0 Å². The molecule has 98 valence electrons. The first-order valence-corrected chi connectivity index (χ1v) is 6.71. The molecule has 0 fully saturated rings. The summed E-state index contributed by atoms with van der Waals surface area (Å²) in [6.07, 6.45) is 0. The Morgan fingerprint density at radius 2 is 2.06 bits per heavy atom. The molecule has 6 nitrogen and oxygen atoms in total. The maximum atomic E-state index is 5.34. The Morgan fingerprint density at radius 3 is 2.67 bits per heavy atom. The zero-order valence-corrected chi connectivity index (χ0v) is 11.8. The standard InChI is InChI=1S/C11H17N5OS/c1-5-16(6-2)11-13-9(17-14-11)8-7(3)15-18-10(8)12-4/h12H,5-6H2,1-4H3. The molecule has 0 amide bonds. The average Bonchev–Trinajstić information content (AvgIpc) is 2.97. The van der Waals surface area contributed by atoms with Crippen molar-refractivity contribution in [1.82, 2.24) is 14.5 Å². The van der Waals surface area contributed by atoms with Crippen LogP contribution in [0.3, 0.4) is 0 Å². The molecule has 7 heteroatoms. The van der Waals surface area contributed by atoms with Crippen LogP contribution < -0.4 is 10.2 Å². The monoisotopic (exact) mass is 267 g/mol. The molecule has 2 heterocycles. The molecule has 0 bridgehead atoms. The van der Waals surface area contributed by atoms with E-state index in [4.69, 9.17) is 4.52 Å². The van der Waals surface area contributed by atoms with Gasteiger partial charge in [-0.3, -0.25) is 0 Å². The number of nitrogens with zero attached hydrogens (tertiary/aromatic N) is 4. The molecule has 2 aromatic heterocycles. The fourth-order valence-corrected chi connectivity index (χ4v) is 2.48. The van der Waals surface area contributed by atoms with Gasteiger partial charge in [-0.2, -0.15) is 9.36 Å². The van der Waals surface area contributed by atoms with Gasteiger partial charge in [-0.05, 0) is 37.5 Å². The normalized spacial score (nSPS) is 10.7. The minimum atomic E-state index is 0.521. The summed E-state index contributed by atoms with van der Waals surface area (Å²) in [4.78, 5) is 6.48. The van der Waals surface area contributed by atoms with Gasteiger partial charge in [0.1, 0.15) is 5.00 Å². The topological polar surface area (TPSA) is 67.1 Å². The predicted molar refractivity (Wildman–Crippen MR) is 73.3 cm³/mol. The highest BCUT2D eigenvalue weighted by atomic mass is 32.1. The molecule has 0 spiro atoms. The summed E-state index contributed by atoms with van der Waals surface area (Å²) in [5.41, 5.74) is 1.80. The Bertz CT molecular complexity index is 517. The number of aromatic nitrogens is 3. The molecule has 0 saturated carbocycles. The number of anilines is 2. The van der Waals surface area contributed by atoms with Crippen LogP contribution in [0.4, 0.5) is 10.9 Å². The summed E-state index contributed by atoms with van der Waals surface area (Å²) in [6.45, 7) is 7.78. The van der Waals surface area contributed by atoms with Gasteiger partial charge in [0, 0.05) is 20.1 Å². The second kappa shape index (κ2) is 5.34. The lowest BCUT2D eigenvalue weighted by Gasteiger charge is -2.14. The second-order valence-corrected chi connectivity index (χ2v) is 4.57. The second-order valence-electron chi connectivity index (χ2n) is 3.79. The SMILES string of the molecule is CCN(CC)c1noc(-c2c(C)nsc2NC)n1. The molecule has 0 unspecified atom stereocenters. The summed E-state index contributed by atoms with van der Waals surface area (Å²) in [6, 6.07) is 0. The van der Waals surface area contributed by atoms with E-state index in [1.165, 1.54) is 11.5 Å². The number of hydrogen-bond donors (Lipinski definition) is 1. The van der Waals surface area contributed by atoms with E-state index < -0.39 is 0 Å². The molecule has 1 N–H and O–H groups in total. The number of nitrogens with one attached hydrogen (secondary N) is 1. The number of rotatable bonds is 5. The smallest absolute Gasteiger partial charge is 0.266 e. The Kier molecular flexibility index (Phi) is 3.81. The molecule has 2 aromatic rings. The highest BCUT2D eigenvalue weighted by Crippen LogP contribution is 2.33. The lowest BCUT2D eigenvalue weighted by molar-refractivity contribution is 0.429. The average molecular weight is 267 g/mol. The molecular formula is C11H17N5OS. The van der Waals surface area contributed by atoms with Crippen molar-refractivity contribution in [3.63, 3.8) is 0 Å². The minimum absolute atomic E-state index is 0.521. The summed E-state index contributed by atoms with van der Waals surface area (Å²) >= 11 is 1.40. The molecule has 0 aliphatic carbocycles. The van der Waals surface area contributed by atoms with E-state index in [2.05, 4.69) is 33.7 Å². The first-order valence-electron chi connectivity index (χ1n) is 5.94. The molecule has 2 rings (SSSR count). The van der Waals surface area contributed by atoms with Crippen LogP contribution >= 0.6 is 11.5 Å². The lowest BCUT2D eigenvalue weighted by atomic mass is 10.2. The zero-order chi connectivity index (χ0) is 13.1. The van der Waals surface area contributed by atoms with Crippen molar-refractivity contribution in [3.8, 4) is 11.5 Å². The van der Waals surface area contributed by atoms with Gasteiger partial charge in [0.05, 0.1) is 11.3 Å². The predicted octanol–water partition coefficient (Wildman–Crippen LogP) is 2.39. The Hall–Kier alpha value is -1.63. The van der Waals surface area contributed by atoms with E-state index in [9.17, 15) is 0 Å². The maximum Gasteiger partial charge on any atom is 0.266 e. The molecule has 0 aliphatic heterocycles. The fourth-order valence-electron chi connectivity index (χ4n) is 1.74. The first kappa shape index (κ1) is 12.8. The van der Waals surface area contributed by atoms with E-state index in [0.29, 0.717) is 11.8 Å². The van der Waals surface area contributed by atoms with Crippen LogP contribution in [0.5, 0.6) is 0 Å². The summed E-state index contributed by atoms with van der Waals surface area (Å²) in [5.74, 6) is 1.15. The van der Waals surface area contributed by atoms with Crippen molar-refractivity contribution >= 4 is 22.5 Å². The molecule has 0 saturated heterocycles. The number of aryl methyl sites for hydroxylation is 1. The highest BCUT2D eigenvalue weighted by molar-refractivity contribution is 7.10. The summed E-state index contributed by atoms with van der Waals surface area (Å²) in [7, 11) is 1.86. The van der Waals surface area contributed by atoms with Crippen LogP contribution in [0.15, 0.2) is 4.52 Å². The van der Waals surface area contributed by atoms with Crippen LogP contribution in [-0.4, -0.2) is 34.7 Å². The largest absolute Gasteiger partial charge is 0.378 e. The minimum Gasteiger partial charge on any atom is -0.378 e. The van der Waals surface area contributed by atoms with Gasteiger partial charge in [-0.15, -0.1) is 0 Å². The molecule has 0 aromatic carbocycles. The number of hydrogen-bond acceptors (Lipinski definition) is 7. The fraction of sp³-hybridized carbons (Fsp3) is 0.545. The highest BCUT2D eigenvalue weighted by Gasteiger charge is 2.19.